The van der Waals surface area contributed by atoms with Crippen molar-refractivity contribution in [1.29, 1.82) is 0 Å². The molecule has 1 atom stereocenters. The van der Waals surface area contributed by atoms with Crippen LogP contribution in [0.4, 0.5) is 5.82 Å². The number of hydrogen-bond acceptors (Lipinski definition) is 4. The molecule has 0 fully saturated rings. The molecule has 142 valence electrons. The number of carbonyl (C=O) groups is 1. The maximum absolute atomic E-state index is 12.3. The average molecular weight is 398 g/mol. The second kappa shape index (κ2) is 8.71. The number of ether oxygens (including phenoxy) is 1. The van der Waals surface area contributed by atoms with Gasteiger partial charge in [0.05, 0.1) is 18.3 Å². The van der Waals surface area contributed by atoms with Crippen LogP contribution in [0.2, 0.25) is 0 Å². The number of anilines is 1. The molecule has 0 radical (unpaired) electrons. The van der Waals surface area contributed by atoms with Gasteiger partial charge >= 0.3 is 0 Å². The van der Waals surface area contributed by atoms with E-state index in [1.807, 2.05) is 45.0 Å². The highest BCUT2D eigenvalue weighted by Crippen LogP contribution is 2.30. The summed E-state index contributed by atoms with van der Waals surface area (Å²) in [5.41, 5.74) is 8.71. The molecule has 5 nitrogen and oxygen atoms in total. The van der Waals surface area contributed by atoms with Gasteiger partial charge in [0.15, 0.2) is 0 Å². The van der Waals surface area contributed by atoms with Gasteiger partial charge in [-0.15, -0.1) is 24.8 Å². The lowest BCUT2D eigenvalue weighted by Crippen LogP contribution is -2.45. The standard InChI is InChI=1S/C19H23N3O2.2ClH/c1-19(2,3)17(20)18(23)22-16-6-4-5-14(21-16)12-7-8-15-13(11-12)9-10-24-15;;/h4-8,11,17H,9-10,20H2,1-3H3,(H,21,22,23);2*1H/t17-;;/m1../s1. The molecule has 0 saturated heterocycles. The first-order chi connectivity index (χ1) is 11.3. The molecule has 3 rings (SSSR count). The number of pyridine rings is 1. The number of hydrogen-bond donors (Lipinski definition) is 2. The minimum atomic E-state index is -0.597. The molecule has 1 aromatic carbocycles. The van der Waals surface area contributed by atoms with Gasteiger partial charge in [0.1, 0.15) is 11.6 Å². The lowest BCUT2D eigenvalue weighted by atomic mass is 9.87. The van der Waals surface area contributed by atoms with Crippen LogP contribution in [-0.4, -0.2) is 23.5 Å². The smallest absolute Gasteiger partial charge is 0.242 e. The van der Waals surface area contributed by atoms with E-state index in [1.165, 1.54) is 5.56 Å². The van der Waals surface area contributed by atoms with Crippen LogP contribution >= 0.6 is 24.8 Å². The summed E-state index contributed by atoms with van der Waals surface area (Å²) in [5.74, 6) is 1.22. The third-order valence-electron chi connectivity index (χ3n) is 4.20. The maximum atomic E-state index is 12.3. The lowest BCUT2D eigenvalue weighted by molar-refractivity contribution is -0.119. The molecule has 1 aromatic heterocycles. The zero-order chi connectivity index (χ0) is 17.3. The molecular weight excluding hydrogens is 373 g/mol. The minimum Gasteiger partial charge on any atom is -0.493 e. The summed E-state index contributed by atoms with van der Waals surface area (Å²) < 4.78 is 5.53. The van der Waals surface area contributed by atoms with E-state index in [0.29, 0.717) is 5.82 Å². The number of nitrogens with zero attached hydrogens (tertiary/aromatic N) is 1. The van der Waals surface area contributed by atoms with Crippen molar-refractivity contribution in [3.63, 3.8) is 0 Å². The van der Waals surface area contributed by atoms with E-state index in [0.717, 1.165) is 30.0 Å². The van der Waals surface area contributed by atoms with E-state index < -0.39 is 6.04 Å². The zero-order valence-electron chi connectivity index (χ0n) is 15.1. The normalized spacial score (nSPS) is 13.5. The highest BCUT2D eigenvalue weighted by molar-refractivity contribution is 5.94. The van der Waals surface area contributed by atoms with Crippen molar-refractivity contribution in [3.05, 3.63) is 42.0 Å². The number of amides is 1. The fourth-order valence-electron chi connectivity index (χ4n) is 2.61. The second-order valence-electron chi connectivity index (χ2n) is 7.16. The van der Waals surface area contributed by atoms with Crippen LogP contribution in [0.5, 0.6) is 5.75 Å². The van der Waals surface area contributed by atoms with Crippen molar-refractivity contribution in [3.8, 4) is 17.0 Å². The van der Waals surface area contributed by atoms with Gasteiger partial charge < -0.3 is 15.8 Å². The van der Waals surface area contributed by atoms with Crippen LogP contribution in [0.3, 0.4) is 0 Å². The van der Waals surface area contributed by atoms with E-state index in [-0.39, 0.29) is 36.1 Å². The molecule has 1 aliphatic rings. The molecule has 0 spiro atoms. The van der Waals surface area contributed by atoms with Crippen LogP contribution in [0.25, 0.3) is 11.3 Å². The van der Waals surface area contributed by atoms with Crippen LogP contribution in [0.1, 0.15) is 26.3 Å². The summed E-state index contributed by atoms with van der Waals surface area (Å²) in [5, 5.41) is 2.81. The Bertz CT molecular complexity index is 776. The molecule has 3 N–H and O–H groups in total. The number of nitrogens with one attached hydrogen (secondary N) is 1. The van der Waals surface area contributed by atoms with E-state index in [4.69, 9.17) is 10.5 Å². The van der Waals surface area contributed by atoms with Crippen LogP contribution < -0.4 is 15.8 Å². The summed E-state index contributed by atoms with van der Waals surface area (Å²) >= 11 is 0. The summed E-state index contributed by atoms with van der Waals surface area (Å²) in [6.07, 6.45) is 0.917. The SMILES string of the molecule is CC(C)(C)[C@H](N)C(=O)Nc1cccc(-c2ccc3c(c2)CCO3)n1.Cl.Cl. The van der Waals surface area contributed by atoms with Gasteiger partial charge in [-0.3, -0.25) is 4.79 Å². The Labute approximate surface area is 166 Å². The van der Waals surface area contributed by atoms with Crippen molar-refractivity contribution in [2.24, 2.45) is 11.1 Å². The maximum Gasteiger partial charge on any atom is 0.242 e. The number of nitrogens with two attached hydrogens (primary N) is 1. The predicted molar refractivity (Wildman–Crippen MR) is 109 cm³/mol. The Morgan fingerprint density at radius 3 is 2.65 bits per heavy atom. The van der Waals surface area contributed by atoms with Crippen LogP contribution in [0, 0.1) is 5.41 Å². The van der Waals surface area contributed by atoms with E-state index in [2.05, 4.69) is 16.4 Å². The first-order valence-electron chi connectivity index (χ1n) is 8.14. The summed E-state index contributed by atoms with van der Waals surface area (Å²) in [6, 6.07) is 11.0. The van der Waals surface area contributed by atoms with Gasteiger partial charge in [-0.05, 0) is 41.3 Å². The first-order valence-corrected chi connectivity index (χ1v) is 8.14. The highest BCUT2D eigenvalue weighted by Gasteiger charge is 2.27. The van der Waals surface area contributed by atoms with E-state index in [9.17, 15) is 4.79 Å². The Kier molecular flexibility index (Phi) is 7.45. The van der Waals surface area contributed by atoms with Crippen LogP contribution in [0.15, 0.2) is 36.4 Å². The molecule has 0 aliphatic carbocycles. The number of rotatable bonds is 3. The highest BCUT2D eigenvalue weighted by atomic mass is 35.5. The molecule has 1 aliphatic heterocycles. The van der Waals surface area contributed by atoms with Gasteiger partial charge in [0.25, 0.3) is 0 Å². The molecule has 2 heterocycles. The van der Waals surface area contributed by atoms with Crippen molar-refractivity contribution in [2.45, 2.75) is 33.2 Å². The number of carbonyl (C=O) groups excluding carboxylic acids is 1. The van der Waals surface area contributed by atoms with Gasteiger partial charge in [0, 0.05) is 12.0 Å². The molecule has 1 amide bonds. The van der Waals surface area contributed by atoms with Gasteiger partial charge in [-0.25, -0.2) is 4.98 Å². The van der Waals surface area contributed by atoms with E-state index >= 15 is 0 Å². The van der Waals surface area contributed by atoms with Gasteiger partial charge in [-0.2, -0.15) is 0 Å². The second-order valence-corrected chi connectivity index (χ2v) is 7.16. The molecule has 26 heavy (non-hydrogen) atoms. The number of halogens is 2. The zero-order valence-corrected chi connectivity index (χ0v) is 16.7. The Morgan fingerprint density at radius 2 is 1.96 bits per heavy atom. The Hall–Kier alpha value is -1.82. The van der Waals surface area contributed by atoms with Crippen molar-refractivity contribution >= 4 is 36.5 Å². The fourth-order valence-corrected chi connectivity index (χ4v) is 2.61. The van der Waals surface area contributed by atoms with Gasteiger partial charge in [-0.1, -0.05) is 26.8 Å². The average Bonchev–Trinajstić information content (AvgIpc) is 3.01. The quantitative estimate of drug-likeness (QED) is 0.824. The summed E-state index contributed by atoms with van der Waals surface area (Å²) in [7, 11) is 0. The molecule has 0 saturated carbocycles. The third-order valence-corrected chi connectivity index (χ3v) is 4.20. The largest absolute Gasteiger partial charge is 0.493 e. The topological polar surface area (TPSA) is 77.2 Å². The summed E-state index contributed by atoms with van der Waals surface area (Å²) in [4.78, 5) is 16.8. The van der Waals surface area contributed by atoms with Crippen molar-refractivity contribution in [2.75, 3.05) is 11.9 Å². The minimum absolute atomic E-state index is 0. The molecule has 2 aromatic rings. The van der Waals surface area contributed by atoms with Crippen molar-refractivity contribution in [1.82, 2.24) is 4.98 Å². The Morgan fingerprint density at radius 1 is 1.23 bits per heavy atom. The number of fused-ring (bicyclic) bond motifs is 1. The monoisotopic (exact) mass is 397 g/mol. The van der Waals surface area contributed by atoms with Crippen LogP contribution in [-0.2, 0) is 11.2 Å². The molecule has 0 unspecified atom stereocenters. The molecular formula is C19H25Cl2N3O2. The predicted octanol–water partition coefficient (Wildman–Crippen LogP) is 3.84. The fraction of sp³-hybridized carbons (Fsp3) is 0.368. The molecule has 0 bridgehead atoms. The number of aromatic nitrogens is 1. The first kappa shape index (κ1) is 22.2. The van der Waals surface area contributed by atoms with E-state index in [1.54, 1.807) is 6.07 Å². The van der Waals surface area contributed by atoms with Gasteiger partial charge in [0.2, 0.25) is 5.91 Å². The lowest BCUT2D eigenvalue weighted by Gasteiger charge is -2.25. The molecule has 7 heteroatoms. The Balaban J connectivity index is 0.00000169. The third kappa shape index (κ3) is 4.87. The summed E-state index contributed by atoms with van der Waals surface area (Å²) in [6.45, 7) is 6.54. The van der Waals surface area contributed by atoms with Crippen molar-refractivity contribution < 1.29 is 9.53 Å². The number of benzene rings is 1.